The molecule has 3 aromatic carbocycles. The van der Waals surface area contributed by atoms with Gasteiger partial charge in [-0.15, -0.1) is 0 Å². The molecule has 1 saturated heterocycles. The van der Waals surface area contributed by atoms with Crippen molar-refractivity contribution in [1.29, 1.82) is 0 Å². The highest BCUT2D eigenvalue weighted by Gasteiger charge is 2.14. The van der Waals surface area contributed by atoms with Gasteiger partial charge < -0.3 is 19.5 Å². The first-order chi connectivity index (χ1) is 21.1. The fourth-order valence-corrected chi connectivity index (χ4v) is 5.53. The summed E-state index contributed by atoms with van der Waals surface area (Å²) in [7, 11) is 1.68. The summed E-state index contributed by atoms with van der Waals surface area (Å²) in [5.41, 5.74) is 5.47. The second kappa shape index (κ2) is 17.4. The minimum absolute atomic E-state index is 0.416. The lowest BCUT2D eigenvalue weighted by molar-refractivity contribution is 0.200. The summed E-state index contributed by atoms with van der Waals surface area (Å²) in [6.45, 7) is 8.95. The predicted molar refractivity (Wildman–Crippen MR) is 176 cm³/mol. The topological polar surface area (TPSA) is 60.0 Å². The SMILES string of the molecule is CCCCCCNC(=O)Oc1ccc(/C(=C(/C)c2ccc(OC)cc2)c2ccc(OCCN3CCCCCC3)cc2)cc1. The molecular formula is C37H48N2O4. The van der Waals surface area contributed by atoms with Crippen molar-refractivity contribution in [2.45, 2.75) is 65.2 Å². The van der Waals surface area contributed by atoms with Crippen LogP contribution >= 0.6 is 0 Å². The number of nitrogens with one attached hydrogen (secondary N) is 1. The molecule has 1 aliphatic rings. The average molecular weight is 585 g/mol. The van der Waals surface area contributed by atoms with E-state index < -0.39 is 6.09 Å². The Morgan fingerprint density at radius 3 is 1.93 bits per heavy atom. The van der Waals surface area contributed by atoms with Gasteiger partial charge in [0.1, 0.15) is 23.9 Å². The van der Waals surface area contributed by atoms with Gasteiger partial charge >= 0.3 is 6.09 Å². The van der Waals surface area contributed by atoms with E-state index in [0.717, 1.165) is 58.7 Å². The van der Waals surface area contributed by atoms with E-state index in [1.165, 1.54) is 51.6 Å². The van der Waals surface area contributed by atoms with Crippen molar-refractivity contribution >= 4 is 17.2 Å². The largest absolute Gasteiger partial charge is 0.497 e. The molecule has 0 atom stereocenters. The number of carbonyl (C=O) groups is 1. The minimum Gasteiger partial charge on any atom is -0.497 e. The van der Waals surface area contributed by atoms with Gasteiger partial charge in [-0.05, 0) is 104 Å². The Bertz CT molecular complexity index is 1280. The molecule has 0 radical (unpaired) electrons. The van der Waals surface area contributed by atoms with Crippen LogP contribution in [-0.2, 0) is 0 Å². The molecule has 0 aromatic heterocycles. The molecule has 1 heterocycles. The maximum absolute atomic E-state index is 12.3. The molecule has 0 aliphatic carbocycles. The van der Waals surface area contributed by atoms with E-state index in [4.69, 9.17) is 14.2 Å². The summed E-state index contributed by atoms with van der Waals surface area (Å²) in [5.74, 6) is 2.22. The van der Waals surface area contributed by atoms with E-state index in [1.807, 2.05) is 36.4 Å². The second-order valence-electron chi connectivity index (χ2n) is 11.3. The summed E-state index contributed by atoms with van der Waals surface area (Å²) < 4.78 is 17.0. The third-order valence-corrected chi connectivity index (χ3v) is 8.07. The molecule has 0 spiro atoms. The normalized spacial score (nSPS) is 14.4. The van der Waals surface area contributed by atoms with Crippen LogP contribution in [0.5, 0.6) is 17.2 Å². The highest BCUT2D eigenvalue weighted by molar-refractivity contribution is 5.98. The summed E-state index contributed by atoms with van der Waals surface area (Å²) in [4.78, 5) is 14.8. The number of ether oxygens (including phenoxy) is 3. The number of carbonyl (C=O) groups excluding carboxylic acids is 1. The fourth-order valence-electron chi connectivity index (χ4n) is 5.53. The first-order valence-electron chi connectivity index (χ1n) is 15.9. The van der Waals surface area contributed by atoms with Crippen LogP contribution in [0.3, 0.4) is 0 Å². The second-order valence-corrected chi connectivity index (χ2v) is 11.3. The molecule has 230 valence electrons. The standard InChI is InChI=1S/C37H48N2O4/c1-4-5-6-9-24-38-37(40)43-35-22-16-32(17-23-35)36(29(2)30-12-18-33(41-3)19-13-30)31-14-20-34(21-15-31)42-28-27-39-25-10-7-8-11-26-39/h12-23H,4-11,24-28H2,1-3H3,(H,38,40)/b36-29-. The Hall–Kier alpha value is -3.77. The van der Waals surface area contributed by atoms with E-state index in [-0.39, 0.29) is 0 Å². The lowest BCUT2D eigenvalue weighted by atomic mass is 9.90. The summed E-state index contributed by atoms with van der Waals surface area (Å²) in [5, 5.41) is 2.85. The number of likely N-dealkylation sites (tertiary alicyclic amines) is 1. The molecule has 3 aromatic rings. The quantitative estimate of drug-likeness (QED) is 0.152. The third-order valence-electron chi connectivity index (χ3n) is 8.07. The first kappa shape index (κ1) is 32.2. The Kier molecular flexibility index (Phi) is 13.0. The third kappa shape index (κ3) is 10.2. The lowest BCUT2D eigenvalue weighted by Crippen LogP contribution is -2.29. The lowest BCUT2D eigenvalue weighted by Gasteiger charge is -2.20. The highest BCUT2D eigenvalue weighted by Crippen LogP contribution is 2.34. The van der Waals surface area contributed by atoms with Crippen molar-refractivity contribution in [3.63, 3.8) is 0 Å². The van der Waals surface area contributed by atoms with Crippen LogP contribution in [0, 0.1) is 0 Å². The molecule has 0 unspecified atom stereocenters. The maximum atomic E-state index is 12.3. The number of allylic oxidation sites excluding steroid dienone is 1. The number of amides is 1. The van der Waals surface area contributed by atoms with Crippen LogP contribution in [-0.4, -0.2) is 50.9 Å². The molecule has 0 bridgehead atoms. The summed E-state index contributed by atoms with van der Waals surface area (Å²) >= 11 is 0. The zero-order chi connectivity index (χ0) is 30.3. The van der Waals surface area contributed by atoms with Crippen LogP contribution < -0.4 is 19.5 Å². The molecule has 1 aliphatic heterocycles. The Morgan fingerprint density at radius 2 is 1.33 bits per heavy atom. The summed E-state index contributed by atoms with van der Waals surface area (Å²) in [6, 6.07) is 24.2. The smallest absolute Gasteiger partial charge is 0.412 e. The Balaban J connectivity index is 1.48. The minimum atomic E-state index is -0.416. The molecule has 4 rings (SSSR count). The number of unbranched alkanes of at least 4 members (excludes halogenated alkanes) is 3. The van der Waals surface area contributed by atoms with E-state index in [2.05, 4.69) is 60.5 Å². The van der Waals surface area contributed by atoms with Crippen LogP contribution in [0.1, 0.15) is 81.9 Å². The number of benzene rings is 3. The van der Waals surface area contributed by atoms with Gasteiger partial charge in [-0.3, -0.25) is 4.90 Å². The number of hydrogen-bond acceptors (Lipinski definition) is 5. The Morgan fingerprint density at radius 1 is 0.744 bits per heavy atom. The van der Waals surface area contributed by atoms with Gasteiger partial charge in [0, 0.05) is 13.1 Å². The van der Waals surface area contributed by atoms with E-state index >= 15 is 0 Å². The van der Waals surface area contributed by atoms with Gasteiger partial charge in [0.2, 0.25) is 0 Å². The number of methoxy groups -OCH3 is 1. The molecule has 6 heteroatoms. The van der Waals surface area contributed by atoms with Crippen molar-refractivity contribution in [1.82, 2.24) is 10.2 Å². The van der Waals surface area contributed by atoms with Crippen molar-refractivity contribution in [2.75, 3.05) is 39.9 Å². The van der Waals surface area contributed by atoms with Gasteiger partial charge in [-0.2, -0.15) is 0 Å². The average Bonchev–Trinajstić information content (AvgIpc) is 3.31. The highest BCUT2D eigenvalue weighted by atomic mass is 16.6. The number of hydrogen-bond donors (Lipinski definition) is 1. The summed E-state index contributed by atoms with van der Waals surface area (Å²) in [6.07, 6.45) is 9.27. The van der Waals surface area contributed by atoms with Gasteiger partial charge in [0.05, 0.1) is 7.11 Å². The number of nitrogens with zero attached hydrogens (tertiary/aromatic N) is 1. The van der Waals surface area contributed by atoms with Crippen LogP contribution in [0.15, 0.2) is 72.8 Å². The van der Waals surface area contributed by atoms with Gasteiger partial charge in [-0.25, -0.2) is 4.79 Å². The zero-order valence-corrected chi connectivity index (χ0v) is 26.2. The van der Waals surface area contributed by atoms with E-state index in [0.29, 0.717) is 18.9 Å². The zero-order valence-electron chi connectivity index (χ0n) is 26.2. The predicted octanol–water partition coefficient (Wildman–Crippen LogP) is 8.60. The van der Waals surface area contributed by atoms with Crippen molar-refractivity contribution < 1.29 is 19.0 Å². The van der Waals surface area contributed by atoms with E-state index in [1.54, 1.807) is 7.11 Å². The number of rotatable bonds is 14. The van der Waals surface area contributed by atoms with Crippen molar-refractivity contribution in [2.24, 2.45) is 0 Å². The maximum Gasteiger partial charge on any atom is 0.412 e. The molecule has 6 nitrogen and oxygen atoms in total. The Labute approximate surface area is 258 Å². The van der Waals surface area contributed by atoms with Crippen molar-refractivity contribution in [3.8, 4) is 17.2 Å². The fraction of sp³-hybridized carbons (Fsp3) is 0.432. The van der Waals surface area contributed by atoms with Gasteiger partial charge in [0.15, 0.2) is 0 Å². The van der Waals surface area contributed by atoms with Gasteiger partial charge in [0.25, 0.3) is 0 Å². The molecule has 1 amide bonds. The van der Waals surface area contributed by atoms with Crippen molar-refractivity contribution in [3.05, 3.63) is 89.5 Å². The van der Waals surface area contributed by atoms with E-state index in [9.17, 15) is 4.79 Å². The van der Waals surface area contributed by atoms with Crippen LogP contribution in [0.2, 0.25) is 0 Å². The molecule has 43 heavy (non-hydrogen) atoms. The molecular weight excluding hydrogens is 536 g/mol. The van der Waals surface area contributed by atoms with Crippen LogP contribution in [0.25, 0.3) is 11.1 Å². The first-order valence-corrected chi connectivity index (χ1v) is 15.9. The molecule has 0 saturated carbocycles. The molecule has 1 N–H and O–H groups in total. The molecule has 1 fully saturated rings. The van der Waals surface area contributed by atoms with Gasteiger partial charge in [-0.1, -0.05) is 75.4 Å². The monoisotopic (exact) mass is 584 g/mol. The van der Waals surface area contributed by atoms with Crippen LogP contribution in [0.4, 0.5) is 4.79 Å².